The Balaban J connectivity index is 2.11. The van der Waals surface area contributed by atoms with Crippen molar-refractivity contribution in [1.29, 1.82) is 0 Å². The SMILES string of the molecule is CCc1oc2ccccc2c1CNCC(O)C(F)F. The van der Waals surface area contributed by atoms with Crippen molar-refractivity contribution in [2.75, 3.05) is 6.54 Å². The van der Waals surface area contributed by atoms with Gasteiger partial charge in [-0.15, -0.1) is 0 Å². The molecule has 104 valence electrons. The van der Waals surface area contributed by atoms with Crippen LogP contribution in [0.3, 0.4) is 0 Å². The lowest BCUT2D eigenvalue weighted by atomic mass is 10.1. The van der Waals surface area contributed by atoms with Gasteiger partial charge in [0.25, 0.3) is 6.43 Å². The zero-order chi connectivity index (χ0) is 13.8. The number of hydrogen-bond acceptors (Lipinski definition) is 3. The molecule has 0 fully saturated rings. The third-order valence-electron chi connectivity index (χ3n) is 3.05. The molecule has 2 aromatic rings. The first-order valence-corrected chi connectivity index (χ1v) is 6.29. The monoisotopic (exact) mass is 269 g/mol. The number of aliphatic hydroxyl groups excluding tert-OH is 1. The van der Waals surface area contributed by atoms with Crippen LogP contribution in [0.2, 0.25) is 0 Å². The second-order valence-corrected chi connectivity index (χ2v) is 4.39. The van der Waals surface area contributed by atoms with E-state index in [9.17, 15) is 8.78 Å². The van der Waals surface area contributed by atoms with E-state index >= 15 is 0 Å². The van der Waals surface area contributed by atoms with Crippen LogP contribution in [0.4, 0.5) is 8.78 Å². The molecule has 0 radical (unpaired) electrons. The fraction of sp³-hybridized carbons (Fsp3) is 0.429. The van der Waals surface area contributed by atoms with Crippen molar-refractivity contribution in [3.63, 3.8) is 0 Å². The predicted octanol–water partition coefficient (Wildman–Crippen LogP) is 2.71. The molecule has 1 atom stereocenters. The number of benzene rings is 1. The second-order valence-electron chi connectivity index (χ2n) is 4.39. The molecule has 1 unspecified atom stereocenters. The van der Waals surface area contributed by atoms with Crippen molar-refractivity contribution in [2.24, 2.45) is 0 Å². The van der Waals surface area contributed by atoms with Crippen molar-refractivity contribution in [2.45, 2.75) is 32.4 Å². The van der Waals surface area contributed by atoms with Gasteiger partial charge in [-0.3, -0.25) is 0 Å². The number of alkyl halides is 2. The molecule has 0 aliphatic heterocycles. The predicted molar refractivity (Wildman–Crippen MR) is 69.3 cm³/mol. The Labute approximate surface area is 110 Å². The van der Waals surface area contributed by atoms with Gasteiger partial charge in [-0.2, -0.15) is 0 Å². The molecule has 0 aliphatic carbocycles. The maximum atomic E-state index is 12.2. The number of rotatable bonds is 6. The van der Waals surface area contributed by atoms with E-state index in [-0.39, 0.29) is 6.54 Å². The van der Waals surface area contributed by atoms with E-state index in [4.69, 9.17) is 9.52 Å². The summed E-state index contributed by atoms with van der Waals surface area (Å²) in [5.74, 6) is 0.847. The molecule has 1 aromatic carbocycles. The lowest BCUT2D eigenvalue weighted by Gasteiger charge is -2.10. The maximum Gasteiger partial charge on any atom is 0.265 e. The summed E-state index contributed by atoms with van der Waals surface area (Å²) in [7, 11) is 0. The highest BCUT2D eigenvalue weighted by Crippen LogP contribution is 2.26. The summed E-state index contributed by atoms with van der Waals surface area (Å²) < 4.78 is 30.1. The number of furan rings is 1. The maximum absolute atomic E-state index is 12.2. The van der Waals surface area contributed by atoms with Crippen molar-refractivity contribution in [3.8, 4) is 0 Å². The van der Waals surface area contributed by atoms with Gasteiger partial charge in [0.05, 0.1) is 0 Å². The highest BCUT2D eigenvalue weighted by molar-refractivity contribution is 5.82. The quantitative estimate of drug-likeness (QED) is 0.847. The molecule has 1 aromatic heterocycles. The average Bonchev–Trinajstić information content (AvgIpc) is 2.76. The first-order chi connectivity index (χ1) is 9.13. The van der Waals surface area contributed by atoms with Crippen LogP contribution in [-0.4, -0.2) is 24.2 Å². The zero-order valence-corrected chi connectivity index (χ0v) is 10.7. The largest absolute Gasteiger partial charge is 0.461 e. The normalized spacial score (nSPS) is 13.3. The Hall–Kier alpha value is -1.46. The van der Waals surface area contributed by atoms with Crippen LogP contribution in [-0.2, 0) is 13.0 Å². The van der Waals surface area contributed by atoms with Gasteiger partial charge >= 0.3 is 0 Å². The molecule has 0 saturated carbocycles. The first-order valence-electron chi connectivity index (χ1n) is 6.29. The van der Waals surface area contributed by atoms with Crippen LogP contribution < -0.4 is 5.32 Å². The summed E-state index contributed by atoms with van der Waals surface area (Å²) in [5, 5.41) is 12.9. The molecule has 19 heavy (non-hydrogen) atoms. The third kappa shape index (κ3) is 3.11. The lowest BCUT2D eigenvalue weighted by Crippen LogP contribution is -2.31. The highest BCUT2D eigenvalue weighted by atomic mass is 19.3. The fourth-order valence-electron chi connectivity index (χ4n) is 2.06. The average molecular weight is 269 g/mol. The van der Waals surface area contributed by atoms with Crippen molar-refractivity contribution >= 4 is 11.0 Å². The Morgan fingerprint density at radius 3 is 2.74 bits per heavy atom. The minimum absolute atomic E-state index is 0.139. The summed E-state index contributed by atoms with van der Waals surface area (Å²) in [6.45, 7) is 2.25. The van der Waals surface area contributed by atoms with E-state index in [2.05, 4.69) is 5.32 Å². The van der Waals surface area contributed by atoms with Crippen LogP contribution in [0.25, 0.3) is 11.0 Å². The van der Waals surface area contributed by atoms with E-state index in [1.165, 1.54) is 0 Å². The summed E-state index contributed by atoms with van der Waals surface area (Å²) in [6.07, 6.45) is -3.62. The van der Waals surface area contributed by atoms with Crippen molar-refractivity contribution in [3.05, 3.63) is 35.6 Å². The number of hydrogen-bond donors (Lipinski definition) is 2. The molecular weight excluding hydrogens is 252 g/mol. The minimum Gasteiger partial charge on any atom is -0.461 e. The summed E-state index contributed by atoms with van der Waals surface area (Å²) in [6, 6.07) is 7.63. The van der Waals surface area contributed by atoms with Gasteiger partial charge in [-0.05, 0) is 6.07 Å². The number of fused-ring (bicyclic) bond motifs is 1. The molecule has 3 nitrogen and oxygen atoms in total. The fourth-order valence-corrected chi connectivity index (χ4v) is 2.06. The van der Waals surface area contributed by atoms with Gasteiger partial charge in [0.1, 0.15) is 17.4 Å². The molecule has 2 N–H and O–H groups in total. The minimum atomic E-state index is -2.72. The van der Waals surface area contributed by atoms with Crippen LogP contribution >= 0.6 is 0 Å². The van der Waals surface area contributed by atoms with Crippen molar-refractivity contribution in [1.82, 2.24) is 5.32 Å². The molecule has 0 saturated heterocycles. The van der Waals surface area contributed by atoms with Crippen LogP contribution in [0.1, 0.15) is 18.2 Å². The van der Waals surface area contributed by atoms with Crippen LogP contribution in [0.5, 0.6) is 0 Å². The number of aryl methyl sites for hydroxylation is 1. The summed E-state index contributed by atoms with van der Waals surface area (Å²) in [4.78, 5) is 0. The number of halogens is 2. The topological polar surface area (TPSA) is 45.4 Å². The van der Waals surface area contributed by atoms with E-state index in [1.807, 2.05) is 31.2 Å². The molecule has 0 aliphatic rings. The van der Waals surface area contributed by atoms with Gasteiger partial charge in [-0.1, -0.05) is 25.1 Å². The smallest absolute Gasteiger partial charge is 0.265 e. The molecule has 0 bridgehead atoms. The van der Waals surface area contributed by atoms with Crippen LogP contribution in [0, 0.1) is 0 Å². The number of nitrogens with one attached hydrogen (secondary N) is 1. The molecule has 0 amide bonds. The molecular formula is C14H17F2NO2. The lowest BCUT2D eigenvalue weighted by molar-refractivity contribution is -0.00340. The van der Waals surface area contributed by atoms with E-state index in [0.29, 0.717) is 6.54 Å². The molecule has 5 heteroatoms. The molecule has 1 heterocycles. The summed E-state index contributed by atoms with van der Waals surface area (Å²) in [5.41, 5.74) is 1.77. The number of aliphatic hydroxyl groups is 1. The Morgan fingerprint density at radius 1 is 1.32 bits per heavy atom. The first kappa shape index (κ1) is 14.0. The van der Waals surface area contributed by atoms with Crippen LogP contribution in [0.15, 0.2) is 28.7 Å². The van der Waals surface area contributed by atoms with E-state index < -0.39 is 12.5 Å². The molecule has 2 rings (SSSR count). The van der Waals surface area contributed by atoms with E-state index in [1.54, 1.807) is 0 Å². The Kier molecular flexibility index (Phi) is 4.50. The van der Waals surface area contributed by atoms with Gasteiger partial charge in [0.15, 0.2) is 0 Å². The zero-order valence-electron chi connectivity index (χ0n) is 10.7. The van der Waals surface area contributed by atoms with Gasteiger partial charge in [0.2, 0.25) is 0 Å². The standard InChI is InChI=1S/C14H17F2NO2/c1-2-12-10(7-17-8-11(18)14(15)16)9-5-3-4-6-13(9)19-12/h3-6,11,14,17-18H,2,7-8H2,1H3. The van der Waals surface area contributed by atoms with Crippen molar-refractivity contribution < 1.29 is 18.3 Å². The highest BCUT2D eigenvalue weighted by Gasteiger charge is 2.17. The van der Waals surface area contributed by atoms with Gasteiger partial charge < -0.3 is 14.8 Å². The summed E-state index contributed by atoms with van der Waals surface area (Å²) >= 11 is 0. The Bertz CT molecular complexity index is 539. The second kappa shape index (κ2) is 6.12. The van der Waals surface area contributed by atoms with Gasteiger partial charge in [-0.25, -0.2) is 8.78 Å². The third-order valence-corrected chi connectivity index (χ3v) is 3.05. The molecule has 0 spiro atoms. The Morgan fingerprint density at radius 2 is 2.05 bits per heavy atom. The van der Waals surface area contributed by atoms with Gasteiger partial charge in [0, 0.05) is 30.5 Å². The number of para-hydroxylation sites is 1. The van der Waals surface area contributed by atoms with E-state index in [0.717, 1.165) is 28.7 Å².